The first kappa shape index (κ1) is 13.7. The molecule has 1 N–H and O–H groups in total. The van der Waals surface area contributed by atoms with Crippen molar-refractivity contribution in [1.29, 1.82) is 0 Å². The van der Waals surface area contributed by atoms with Crippen LogP contribution in [0.1, 0.15) is 28.8 Å². The van der Waals surface area contributed by atoms with Crippen molar-refractivity contribution in [2.75, 3.05) is 5.32 Å². The number of benzene rings is 3. The zero-order valence-electron chi connectivity index (χ0n) is 13.9. The standard InChI is InChI=1S/C23H17NS/c1-23-21(16-10-4-6-12-18(16)24-23)15-9-3-2-8-14(15)20-17-11-5-7-13-19(17)25-22(20)23/h2-13,21,24H,1H3. The highest BCUT2D eigenvalue weighted by Gasteiger charge is 2.50. The second kappa shape index (κ2) is 4.53. The van der Waals surface area contributed by atoms with Gasteiger partial charge < -0.3 is 5.32 Å². The Bertz CT molecular complexity index is 1160. The van der Waals surface area contributed by atoms with E-state index in [-0.39, 0.29) is 5.54 Å². The molecular weight excluding hydrogens is 322 g/mol. The summed E-state index contributed by atoms with van der Waals surface area (Å²) in [6.07, 6.45) is 0. The second-order valence-electron chi connectivity index (χ2n) is 7.24. The summed E-state index contributed by atoms with van der Waals surface area (Å²) in [7, 11) is 0. The van der Waals surface area contributed by atoms with E-state index in [9.17, 15) is 0 Å². The number of para-hydroxylation sites is 1. The van der Waals surface area contributed by atoms with Crippen molar-refractivity contribution in [2.45, 2.75) is 18.4 Å². The van der Waals surface area contributed by atoms with E-state index < -0.39 is 0 Å². The SMILES string of the molecule is CC12Nc3ccccc3C1c1ccccc1-c1c2sc2ccccc12. The number of thiophene rings is 1. The molecule has 120 valence electrons. The molecule has 0 saturated carbocycles. The van der Waals surface area contributed by atoms with Gasteiger partial charge >= 0.3 is 0 Å². The van der Waals surface area contributed by atoms with E-state index in [1.54, 1.807) is 0 Å². The maximum Gasteiger partial charge on any atom is 0.0806 e. The molecule has 2 atom stereocenters. The van der Waals surface area contributed by atoms with Crippen LogP contribution < -0.4 is 5.32 Å². The molecule has 4 aromatic rings. The molecule has 1 aliphatic heterocycles. The largest absolute Gasteiger partial charge is 0.374 e. The lowest BCUT2D eigenvalue weighted by atomic mass is 9.70. The summed E-state index contributed by atoms with van der Waals surface area (Å²) in [5.41, 5.74) is 6.87. The number of rotatable bonds is 0. The quantitative estimate of drug-likeness (QED) is 0.393. The first-order chi connectivity index (χ1) is 12.3. The highest BCUT2D eigenvalue weighted by Crippen LogP contribution is 2.61. The van der Waals surface area contributed by atoms with Crippen LogP contribution in [0.4, 0.5) is 5.69 Å². The van der Waals surface area contributed by atoms with Gasteiger partial charge in [0.2, 0.25) is 0 Å². The van der Waals surface area contributed by atoms with E-state index in [0.29, 0.717) is 5.92 Å². The molecule has 2 unspecified atom stereocenters. The summed E-state index contributed by atoms with van der Waals surface area (Å²) in [6, 6.07) is 26.6. The zero-order chi connectivity index (χ0) is 16.6. The second-order valence-corrected chi connectivity index (χ2v) is 8.29. The Kier molecular flexibility index (Phi) is 2.48. The predicted octanol–water partition coefficient (Wildman–Crippen LogP) is 6.35. The fourth-order valence-corrected chi connectivity index (χ4v) is 6.20. The van der Waals surface area contributed by atoms with Crippen molar-refractivity contribution in [3.8, 4) is 11.1 Å². The maximum absolute atomic E-state index is 3.88. The average molecular weight is 339 g/mol. The van der Waals surface area contributed by atoms with Crippen LogP contribution in [0.15, 0.2) is 72.8 Å². The van der Waals surface area contributed by atoms with Gasteiger partial charge in [-0.25, -0.2) is 0 Å². The molecule has 2 aliphatic rings. The molecule has 0 amide bonds. The highest BCUT2D eigenvalue weighted by atomic mass is 32.1. The lowest BCUT2D eigenvalue weighted by Crippen LogP contribution is -2.35. The Morgan fingerprint density at radius 1 is 0.840 bits per heavy atom. The highest BCUT2D eigenvalue weighted by molar-refractivity contribution is 7.20. The Morgan fingerprint density at radius 2 is 1.56 bits per heavy atom. The average Bonchev–Trinajstić information content (AvgIpc) is 3.18. The van der Waals surface area contributed by atoms with Gasteiger partial charge in [0.15, 0.2) is 0 Å². The van der Waals surface area contributed by atoms with Crippen LogP contribution in [0.25, 0.3) is 21.2 Å². The Labute approximate surface area is 151 Å². The van der Waals surface area contributed by atoms with Crippen molar-refractivity contribution in [1.82, 2.24) is 0 Å². The van der Waals surface area contributed by atoms with Gasteiger partial charge in [-0.3, -0.25) is 0 Å². The lowest BCUT2D eigenvalue weighted by molar-refractivity contribution is 0.508. The number of anilines is 1. The monoisotopic (exact) mass is 339 g/mol. The minimum atomic E-state index is -0.0863. The van der Waals surface area contributed by atoms with Gasteiger partial charge in [-0.2, -0.15) is 0 Å². The molecule has 1 aliphatic carbocycles. The van der Waals surface area contributed by atoms with Crippen molar-refractivity contribution in [3.05, 3.63) is 88.8 Å². The first-order valence-corrected chi connectivity index (χ1v) is 9.57. The van der Waals surface area contributed by atoms with Crippen LogP contribution in [0.2, 0.25) is 0 Å². The number of hydrogen-bond acceptors (Lipinski definition) is 2. The Morgan fingerprint density at radius 3 is 2.48 bits per heavy atom. The summed E-state index contributed by atoms with van der Waals surface area (Å²) in [5, 5.41) is 5.26. The third kappa shape index (κ3) is 1.58. The van der Waals surface area contributed by atoms with Gasteiger partial charge in [-0.05, 0) is 35.7 Å². The van der Waals surface area contributed by atoms with E-state index in [0.717, 1.165) is 0 Å². The van der Waals surface area contributed by atoms with E-state index in [4.69, 9.17) is 0 Å². The minimum Gasteiger partial charge on any atom is -0.374 e. The Balaban J connectivity index is 1.78. The van der Waals surface area contributed by atoms with Gasteiger partial charge in [0.25, 0.3) is 0 Å². The third-order valence-corrected chi connectivity index (χ3v) is 7.26. The van der Waals surface area contributed by atoms with E-state index in [1.807, 2.05) is 11.3 Å². The molecule has 0 spiro atoms. The third-order valence-electron chi connectivity index (χ3n) is 5.85. The number of hydrogen-bond donors (Lipinski definition) is 1. The summed E-state index contributed by atoms with van der Waals surface area (Å²) >= 11 is 1.95. The van der Waals surface area contributed by atoms with Gasteiger partial charge in [0.1, 0.15) is 0 Å². The normalized spacial score (nSPS) is 22.7. The van der Waals surface area contributed by atoms with Crippen LogP contribution >= 0.6 is 11.3 Å². The topological polar surface area (TPSA) is 12.0 Å². The van der Waals surface area contributed by atoms with Gasteiger partial charge in [-0.15, -0.1) is 11.3 Å². The van der Waals surface area contributed by atoms with Gasteiger partial charge in [0.05, 0.1) is 5.54 Å². The maximum atomic E-state index is 3.88. The van der Waals surface area contributed by atoms with Crippen molar-refractivity contribution < 1.29 is 0 Å². The number of fused-ring (bicyclic) bond motifs is 10. The van der Waals surface area contributed by atoms with Crippen molar-refractivity contribution >= 4 is 27.1 Å². The van der Waals surface area contributed by atoms with Crippen LogP contribution in [0, 0.1) is 0 Å². The van der Waals surface area contributed by atoms with Crippen LogP contribution in [0.3, 0.4) is 0 Å². The summed E-state index contributed by atoms with van der Waals surface area (Å²) in [4.78, 5) is 1.47. The smallest absolute Gasteiger partial charge is 0.0806 e. The van der Waals surface area contributed by atoms with E-state index >= 15 is 0 Å². The first-order valence-electron chi connectivity index (χ1n) is 8.76. The van der Waals surface area contributed by atoms with Crippen LogP contribution in [-0.4, -0.2) is 0 Å². The lowest BCUT2D eigenvalue weighted by Gasteiger charge is -2.38. The summed E-state index contributed by atoms with van der Waals surface area (Å²) < 4.78 is 1.38. The number of nitrogens with one attached hydrogen (secondary N) is 1. The molecule has 2 heterocycles. The van der Waals surface area contributed by atoms with Crippen molar-refractivity contribution in [3.63, 3.8) is 0 Å². The molecule has 0 bridgehead atoms. The molecule has 0 saturated heterocycles. The molecule has 1 aromatic heterocycles. The van der Waals surface area contributed by atoms with E-state index in [1.165, 1.54) is 42.9 Å². The molecule has 0 fully saturated rings. The summed E-state index contributed by atoms with van der Waals surface area (Å²) in [6.45, 7) is 2.38. The molecule has 6 rings (SSSR count). The predicted molar refractivity (Wildman–Crippen MR) is 107 cm³/mol. The fraction of sp³-hybridized carbons (Fsp3) is 0.130. The summed E-state index contributed by atoms with van der Waals surface area (Å²) in [5.74, 6) is 0.362. The molecule has 1 nitrogen and oxygen atoms in total. The molecular formula is C23H17NS. The Hall–Kier alpha value is -2.58. The van der Waals surface area contributed by atoms with Crippen LogP contribution in [0.5, 0.6) is 0 Å². The molecule has 3 aromatic carbocycles. The minimum absolute atomic E-state index is 0.0863. The van der Waals surface area contributed by atoms with Gasteiger partial charge in [0, 0.05) is 32.1 Å². The molecule has 0 radical (unpaired) electrons. The van der Waals surface area contributed by atoms with Crippen molar-refractivity contribution in [2.24, 2.45) is 0 Å². The fourth-order valence-electron chi connectivity index (χ4n) is 4.85. The molecule has 2 heteroatoms. The zero-order valence-corrected chi connectivity index (χ0v) is 14.7. The van der Waals surface area contributed by atoms with E-state index in [2.05, 4.69) is 85.0 Å². The molecule has 25 heavy (non-hydrogen) atoms. The van der Waals surface area contributed by atoms with Gasteiger partial charge in [-0.1, -0.05) is 60.7 Å². The van der Waals surface area contributed by atoms with Crippen LogP contribution in [-0.2, 0) is 5.54 Å².